The highest BCUT2D eigenvalue weighted by Gasteiger charge is 2.53. The number of para-hydroxylation sites is 4. The van der Waals surface area contributed by atoms with Crippen LogP contribution in [0.1, 0.15) is 44.5 Å². The summed E-state index contributed by atoms with van der Waals surface area (Å²) in [5, 5.41) is 6.70. The van der Waals surface area contributed by atoms with Gasteiger partial charge in [0.25, 0.3) is 0 Å². The minimum atomic E-state index is -0.595. The number of aromatic nitrogens is 8. The van der Waals surface area contributed by atoms with Gasteiger partial charge < -0.3 is 9.47 Å². The second kappa shape index (κ2) is 29.9. The molecule has 0 amide bonds. The van der Waals surface area contributed by atoms with Crippen LogP contribution in [-0.4, -0.2) is 39.9 Å². The molecule has 0 saturated carbocycles. The SMILES string of the molecule is c1ccc(-c2nc(-c3ccccc3)nc(-c3ccc(-c4ccc5nc(-c6ccccc6)c6cc7c(cc6c5c4)C4(c5ccccc5Oc5ccccc54)c4ccccc4-7)cc3)n2)cc1.c1ccc(-c2nc(-c3ccccc3)nc(-c3cccc(-c4ccc5nc(-c6ccccc6)c6cc7c(cc6c5c4)C4(c5ccccc5Oc5ccccc54)c4ccccc4-7)c3)n2)cc1. The third kappa shape index (κ3) is 11.9. The molecule has 0 radical (unpaired) electrons. The molecule has 0 N–H and O–H groups in total. The Labute approximate surface area is 738 Å². The highest BCUT2D eigenvalue weighted by atomic mass is 16.5. The van der Waals surface area contributed by atoms with Crippen LogP contribution in [0.4, 0.5) is 0 Å². The molecule has 4 aromatic heterocycles. The van der Waals surface area contributed by atoms with E-state index in [4.69, 9.17) is 49.3 Å². The van der Waals surface area contributed by atoms with Crippen molar-refractivity contribution >= 4 is 43.4 Å². The highest BCUT2D eigenvalue weighted by molar-refractivity contribution is 6.16. The van der Waals surface area contributed by atoms with Crippen molar-refractivity contribution in [2.75, 3.05) is 0 Å². The van der Waals surface area contributed by atoms with Gasteiger partial charge in [0, 0.05) is 88.3 Å². The molecule has 2 aliphatic carbocycles. The highest BCUT2D eigenvalue weighted by Crippen LogP contribution is 2.65. The molecule has 10 nitrogen and oxygen atoms in total. The maximum Gasteiger partial charge on any atom is 0.164 e. The Morgan fingerprint density at radius 2 is 0.414 bits per heavy atom. The Balaban J connectivity index is 0.000000139. The van der Waals surface area contributed by atoms with E-state index in [2.05, 4.69) is 315 Å². The van der Waals surface area contributed by atoms with Crippen molar-refractivity contribution in [2.45, 2.75) is 10.8 Å². The smallest absolute Gasteiger partial charge is 0.164 e. The Morgan fingerprint density at radius 3 is 0.781 bits per heavy atom. The van der Waals surface area contributed by atoms with Gasteiger partial charge >= 0.3 is 0 Å². The summed E-state index contributed by atoms with van der Waals surface area (Å²) < 4.78 is 13.3. The Bertz CT molecular complexity index is 8040. The van der Waals surface area contributed by atoms with Crippen molar-refractivity contribution in [3.8, 4) is 158 Å². The van der Waals surface area contributed by atoms with E-state index in [-0.39, 0.29) is 0 Å². The zero-order valence-corrected chi connectivity index (χ0v) is 69.0. The lowest BCUT2D eigenvalue weighted by atomic mass is 9.66. The van der Waals surface area contributed by atoms with Crippen LogP contribution in [0.3, 0.4) is 0 Å². The van der Waals surface area contributed by atoms with E-state index >= 15 is 0 Å². The summed E-state index contributed by atoms with van der Waals surface area (Å²) in [6, 6.07) is 154. The average molecular weight is 1630 g/mol. The number of rotatable bonds is 10. The van der Waals surface area contributed by atoms with Crippen molar-refractivity contribution in [1.29, 1.82) is 0 Å². The minimum absolute atomic E-state index is 0.586. The largest absolute Gasteiger partial charge is 0.457 e. The van der Waals surface area contributed by atoms with Crippen LogP contribution in [0.15, 0.2) is 437 Å². The standard InChI is InChI=1S/2C59H36N4O/c1-4-17-37(18-5-1)55-47-35-45-43-25-10-11-26-48(43)59(49-27-12-14-29-53(49)64-54-30-15-13-28-50(54)59)51(45)36-44(47)46-34-41(31-32-52(46)60-55)40-23-16-24-42(33-40)58-62-56(38-19-6-2-7-20-38)61-57(63-58)39-21-8-3-9-22-39;1-4-16-38(17-5-1)55-47-35-45-43-22-10-11-23-48(43)59(49-24-12-14-26-53(49)64-54-27-15-13-25-50(54)59)51(45)36-44(47)46-34-42(32-33-52(46)60-55)37-28-30-41(31-29-37)58-62-56(39-18-6-2-7-19-39)61-57(63-58)40-20-8-3-9-21-40/h2*1-36H. The molecule has 0 bridgehead atoms. The van der Waals surface area contributed by atoms with Crippen LogP contribution in [-0.2, 0) is 10.8 Å². The van der Waals surface area contributed by atoms with Gasteiger partial charge in [-0.25, -0.2) is 39.9 Å². The predicted molar refractivity (Wildman–Crippen MR) is 514 cm³/mol. The number of ether oxygens (including phenoxy) is 2. The van der Waals surface area contributed by atoms with Crippen molar-refractivity contribution in [2.24, 2.45) is 0 Å². The first kappa shape index (κ1) is 73.6. The van der Waals surface area contributed by atoms with Gasteiger partial charge in [-0.15, -0.1) is 0 Å². The second-order valence-electron chi connectivity index (χ2n) is 33.0. The Morgan fingerprint density at radius 1 is 0.148 bits per heavy atom. The minimum Gasteiger partial charge on any atom is -0.457 e. The molecular formula is C118H72N8O2. The van der Waals surface area contributed by atoms with Gasteiger partial charge in [0.15, 0.2) is 34.9 Å². The maximum absolute atomic E-state index is 6.67. The van der Waals surface area contributed by atoms with Gasteiger partial charge in [0.05, 0.1) is 33.3 Å². The molecule has 2 aliphatic heterocycles. The quantitative estimate of drug-likeness (QED) is 0.122. The lowest BCUT2D eigenvalue weighted by Crippen LogP contribution is -2.32. The van der Waals surface area contributed by atoms with Crippen LogP contribution in [0.25, 0.3) is 179 Å². The van der Waals surface area contributed by atoms with Crippen LogP contribution in [0.2, 0.25) is 0 Å². The molecule has 0 saturated heterocycles. The summed E-state index contributed by atoms with van der Waals surface area (Å²) in [4.78, 5) is 40.8. The zero-order chi connectivity index (χ0) is 84.4. The first-order chi connectivity index (χ1) is 63.4. The third-order valence-electron chi connectivity index (χ3n) is 25.9. The first-order valence-corrected chi connectivity index (χ1v) is 43.3. The molecule has 10 heteroatoms. The van der Waals surface area contributed by atoms with E-state index in [1.165, 1.54) is 44.5 Å². The molecule has 0 unspecified atom stereocenters. The summed E-state index contributed by atoms with van der Waals surface area (Å²) >= 11 is 0. The summed E-state index contributed by atoms with van der Waals surface area (Å²) in [5.74, 6) is 7.30. The van der Waals surface area contributed by atoms with E-state index in [1.807, 2.05) is 121 Å². The number of fused-ring (bicyclic) bond motifs is 24. The molecular weight excluding hydrogens is 1560 g/mol. The van der Waals surface area contributed by atoms with Crippen LogP contribution >= 0.6 is 0 Å². The summed E-state index contributed by atoms with van der Waals surface area (Å²) in [6.07, 6.45) is 0. The molecule has 2 spiro atoms. The van der Waals surface area contributed by atoms with Crippen molar-refractivity contribution < 1.29 is 9.47 Å². The fourth-order valence-electron chi connectivity index (χ4n) is 20.2. The van der Waals surface area contributed by atoms with Crippen molar-refractivity contribution in [3.05, 3.63) is 481 Å². The first-order valence-electron chi connectivity index (χ1n) is 43.3. The molecule has 0 atom stereocenters. The lowest BCUT2D eigenvalue weighted by molar-refractivity contribution is 0.436. The van der Waals surface area contributed by atoms with E-state index < -0.39 is 10.8 Å². The summed E-state index contributed by atoms with van der Waals surface area (Å²) in [6.45, 7) is 0. The van der Waals surface area contributed by atoms with Crippen molar-refractivity contribution in [1.82, 2.24) is 39.9 Å². The van der Waals surface area contributed by atoms with Gasteiger partial charge in [0.2, 0.25) is 0 Å². The molecule has 18 aromatic carbocycles. The van der Waals surface area contributed by atoms with E-state index in [0.29, 0.717) is 34.9 Å². The average Bonchev–Trinajstić information content (AvgIpc) is 1.51. The fourth-order valence-corrected chi connectivity index (χ4v) is 20.2. The van der Waals surface area contributed by atoms with Gasteiger partial charge in [-0.3, -0.25) is 0 Å². The molecule has 22 aromatic rings. The monoisotopic (exact) mass is 1630 g/mol. The van der Waals surface area contributed by atoms with E-state index in [0.717, 1.165) is 167 Å². The van der Waals surface area contributed by atoms with E-state index in [9.17, 15) is 0 Å². The number of pyridine rings is 2. The lowest BCUT2D eigenvalue weighted by Gasteiger charge is -2.39. The summed E-state index contributed by atoms with van der Waals surface area (Å²) in [7, 11) is 0. The number of benzene rings is 18. The topological polar surface area (TPSA) is 122 Å². The fraction of sp³-hybridized carbons (Fsp3) is 0.0169. The van der Waals surface area contributed by atoms with Crippen LogP contribution < -0.4 is 9.47 Å². The number of nitrogens with zero attached hydrogens (tertiary/aromatic N) is 8. The van der Waals surface area contributed by atoms with Crippen LogP contribution in [0.5, 0.6) is 23.0 Å². The van der Waals surface area contributed by atoms with Gasteiger partial charge in [0.1, 0.15) is 23.0 Å². The molecule has 128 heavy (non-hydrogen) atoms. The maximum atomic E-state index is 6.67. The Kier molecular flexibility index (Phi) is 17.2. The second-order valence-corrected chi connectivity index (χ2v) is 33.0. The van der Waals surface area contributed by atoms with Gasteiger partial charge in [-0.2, -0.15) is 0 Å². The van der Waals surface area contributed by atoms with Gasteiger partial charge in [-0.1, -0.05) is 358 Å². The van der Waals surface area contributed by atoms with Crippen LogP contribution in [0, 0.1) is 0 Å². The molecule has 4 aliphatic rings. The predicted octanol–water partition coefficient (Wildman–Crippen LogP) is 28.8. The van der Waals surface area contributed by atoms with E-state index in [1.54, 1.807) is 0 Å². The summed E-state index contributed by atoms with van der Waals surface area (Å²) in [5.41, 5.74) is 29.1. The molecule has 596 valence electrons. The third-order valence-corrected chi connectivity index (χ3v) is 25.9. The molecule has 26 rings (SSSR count). The molecule has 0 fully saturated rings. The van der Waals surface area contributed by atoms with Gasteiger partial charge in [-0.05, 0) is 156 Å². The molecule has 6 heterocycles. The van der Waals surface area contributed by atoms with Crippen molar-refractivity contribution in [3.63, 3.8) is 0 Å². The number of hydrogen-bond acceptors (Lipinski definition) is 10. The number of hydrogen-bond donors (Lipinski definition) is 0. The Hall–Kier alpha value is -17.1. The normalized spacial score (nSPS) is 12.9. The zero-order valence-electron chi connectivity index (χ0n) is 69.0.